The van der Waals surface area contributed by atoms with Crippen molar-refractivity contribution in [2.75, 3.05) is 25.5 Å². The zero-order chi connectivity index (χ0) is 14.8. The molecule has 0 radical (unpaired) electrons. The van der Waals surface area contributed by atoms with E-state index in [4.69, 9.17) is 4.74 Å². The standard InChI is InChI=1S/C17H24N2O2/c1-12-15(11-13-5-3-4-6-16(13)18-12)17(20)19-9-7-14(21-2)8-10-19/h3-6,12,14-15,18H,7-11H2,1-2H3. The van der Waals surface area contributed by atoms with E-state index in [9.17, 15) is 4.79 Å². The number of para-hydroxylation sites is 1. The molecule has 4 nitrogen and oxygen atoms in total. The van der Waals surface area contributed by atoms with Crippen LogP contribution >= 0.6 is 0 Å². The van der Waals surface area contributed by atoms with Crippen LogP contribution in [0.15, 0.2) is 24.3 Å². The van der Waals surface area contributed by atoms with Gasteiger partial charge in [0.05, 0.1) is 12.0 Å². The molecule has 4 heteroatoms. The Morgan fingerprint density at radius 1 is 1.29 bits per heavy atom. The van der Waals surface area contributed by atoms with Crippen molar-refractivity contribution in [3.8, 4) is 0 Å². The van der Waals surface area contributed by atoms with E-state index in [1.807, 2.05) is 17.0 Å². The third-order valence-electron chi connectivity index (χ3n) is 4.85. The fourth-order valence-electron chi connectivity index (χ4n) is 3.45. The van der Waals surface area contributed by atoms with Crippen molar-refractivity contribution in [3.63, 3.8) is 0 Å². The molecule has 1 amide bonds. The molecule has 2 unspecified atom stereocenters. The predicted molar refractivity (Wildman–Crippen MR) is 83.3 cm³/mol. The first-order valence-corrected chi connectivity index (χ1v) is 7.85. The van der Waals surface area contributed by atoms with Crippen LogP contribution in [0.2, 0.25) is 0 Å². The highest BCUT2D eigenvalue weighted by molar-refractivity contribution is 5.81. The first-order chi connectivity index (χ1) is 10.2. The van der Waals surface area contributed by atoms with Crippen LogP contribution < -0.4 is 5.32 Å². The highest BCUT2D eigenvalue weighted by atomic mass is 16.5. The van der Waals surface area contributed by atoms with Gasteiger partial charge in [-0.05, 0) is 37.8 Å². The van der Waals surface area contributed by atoms with Crippen molar-refractivity contribution in [2.24, 2.45) is 5.92 Å². The summed E-state index contributed by atoms with van der Waals surface area (Å²) in [7, 11) is 1.76. The summed E-state index contributed by atoms with van der Waals surface area (Å²) >= 11 is 0. The molecule has 1 aromatic carbocycles. The van der Waals surface area contributed by atoms with Gasteiger partial charge in [-0.25, -0.2) is 0 Å². The second kappa shape index (κ2) is 6.06. The Labute approximate surface area is 126 Å². The number of ether oxygens (including phenoxy) is 1. The SMILES string of the molecule is COC1CCN(C(=O)C2Cc3ccccc3NC2C)CC1. The average molecular weight is 288 g/mol. The Kier molecular flexibility index (Phi) is 4.15. The lowest BCUT2D eigenvalue weighted by atomic mass is 9.86. The molecule has 114 valence electrons. The smallest absolute Gasteiger partial charge is 0.228 e. The van der Waals surface area contributed by atoms with E-state index in [-0.39, 0.29) is 12.0 Å². The molecule has 21 heavy (non-hydrogen) atoms. The average Bonchev–Trinajstić information content (AvgIpc) is 2.53. The van der Waals surface area contributed by atoms with E-state index >= 15 is 0 Å². The Morgan fingerprint density at radius 2 is 2.00 bits per heavy atom. The quantitative estimate of drug-likeness (QED) is 0.908. The van der Waals surface area contributed by atoms with Gasteiger partial charge in [-0.2, -0.15) is 0 Å². The van der Waals surface area contributed by atoms with E-state index in [0.717, 1.165) is 32.4 Å². The molecule has 0 aromatic heterocycles. The van der Waals surface area contributed by atoms with Crippen molar-refractivity contribution in [2.45, 2.75) is 38.3 Å². The van der Waals surface area contributed by atoms with Crippen LogP contribution in [0.5, 0.6) is 0 Å². The van der Waals surface area contributed by atoms with Gasteiger partial charge in [0.1, 0.15) is 0 Å². The number of nitrogens with one attached hydrogen (secondary N) is 1. The van der Waals surface area contributed by atoms with Crippen LogP contribution in [0.4, 0.5) is 5.69 Å². The number of benzene rings is 1. The number of amides is 1. The number of methoxy groups -OCH3 is 1. The molecule has 1 aromatic rings. The van der Waals surface area contributed by atoms with Crippen molar-refractivity contribution in [1.29, 1.82) is 0 Å². The van der Waals surface area contributed by atoms with Crippen molar-refractivity contribution in [1.82, 2.24) is 4.90 Å². The van der Waals surface area contributed by atoms with Gasteiger partial charge in [0.2, 0.25) is 5.91 Å². The van der Waals surface area contributed by atoms with Gasteiger partial charge < -0.3 is 15.0 Å². The van der Waals surface area contributed by atoms with Crippen LogP contribution in [0.1, 0.15) is 25.3 Å². The maximum Gasteiger partial charge on any atom is 0.228 e. The Balaban J connectivity index is 1.68. The molecule has 1 fully saturated rings. The van der Waals surface area contributed by atoms with Crippen LogP contribution in [-0.4, -0.2) is 43.2 Å². The summed E-state index contributed by atoms with van der Waals surface area (Å²) < 4.78 is 5.38. The van der Waals surface area contributed by atoms with Crippen molar-refractivity contribution < 1.29 is 9.53 Å². The van der Waals surface area contributed by atoms with Gasteiger partial charge in [0.15, 0.2) is 0 Å². The first kappa shape index (κ1) is 14.4. The highest BCUT2D eigenvalue weighted by Gasteiger charge is 2.34. The number of rotatable bonds is 2. The lowest BCUT2D eigenvalue weighted by molar-refractivity contribution is -0.138. The van der Waals surface area contributed by atoms with E-state index in [0.29, 0.717) is 12.0 Å². The number of anilines is 1. The van der Waals surface area contributed by atoms with Crippen LogP contribution in [0, 0.1) is 5.92 Å². The minimum absolute atomic E-state index is 0.0407. The largest absolute Gasteiger partial charge is 0.382 e. The molecule has 3 rings (SSSR count). The summed E-state index contributed by atoms with van der Waals surface area (Å²) in [6, 6.07) is 8.48. The molecule has 2 atom stereocenters. The summed E-state index contributed by atoms with van der Waals surface area (Å²) in [5.41, 5.74) is 2.42. The number of carbonyl (C=O) groups excluding carboxylic acids is 1. The summed E-state index contributed by atoms with van der Waals surface area (Å²) in [4.78, 5) is 14.8. The summed E-state index contributed by atoms with van der Waals surface area (Å²) in [5, 5.41) is 3.48. The normalized spacial score (nSPS) is 26.1. The minimum atomic E-state index is 0.0407. The van der Waals surface area contributed by atoms with Gasteiger partial charge in [-0.1, -0.05) is 18.2 Å². The van der Waals surface area contributed by atoms with E-state index < -0.39 is 0 Å². The van der Waals surface area contributed by atoms with Gasteiger partial charge in [0, 0.05) is 31.9 Å². The molecular formula is C17H24N2O2. The summed E-state index contributed by atoms with van der Waals surface area (Å²) in [5.74, 6) is 0.332. The van der Waals surface area contributed by atoms with Gasteiger partial charge in [-0.15, -0.1) is 0 Å². The lowest BCUT2D eigenvalue weighted by Crippen LogP contribution is -2.48. The molecule has 0 bridgehead atoms. The zero-order valence-corrected chi connectivity index (χ0v) is 12.8. The Bertz CT molecular complexity index is 509. The Hall–Kier alpha value is -1.55. The third kappa shape index (κ3) is 2.91. The van der Waals surface area contributed by atoms with Crippen LogP contribution in [0.25, 0.3) is 0 Å². The molecule has 1 N–H and O–H groups in total. The monoisotopic (exact) mass is 288 g/mol. The first-order valence-electron chi connectivity index (χ1n) is 7.85. The second-order valence-corrected chi connectivity index (χ2v) is 6.16. The summed E-state index contributed by atoms with van der Waals surface area (Å²) in [6.45, 7) is 3.75. The number of fused-ring (bicyclic) bond motifs is 1. The van der Waals surface area contributed by atoms with Crippen molar-refractivity contribution in [3.05, 3.63) is 29.8 Å². The molecule has 2 aliphatic heterocycles. The topological polar surface area (TPSA) is 41.6 Å². The lowest BCUT2D eigenvalue weighted by Gasteiger charge is -2.38. The fraction of sp³-hybridized carbons (Fsp3) is 0.588. The highest BCUT2D eigenvalue weighted by Crippen LogP contribution is 2.30. The number of carbonyl (C=O) groups is 1. The third-order valence-corrected chi connectivity index (χ3v) is 4.85. The van der Waals surface area contributed by atoms with Gasteiger partial charge in [-0.3, -0.25) is 4.79 Å². The van der Waals surface area contributed by atoms with Gasteiger partial charge in [0.25, 0.3) is 0 Å². The van der Waals surface area contributed by atoms with Gasteiger partial charge >= 0.3 is 0 Å². The number of hydrogen-bond donors (Lipinski definition) is 1. The molecular weight excluding hydrogens is 264 g/mol. The molecule has 1 saturated heterocycles. The maximum atomic E-state index is 12.8. The number of nitrogens with zero attached hydrogens (tertiary/aromatic N) is 1. The summed E-state index contributed by atoms with van der Waals surface area (Å²) in [6.07, 6.45) is 3.06. The number of hydrogen-bond acceptors (Lipinski definition) is 3. The molecule has 0 spiro atoms. The van der Waals surface area contributed by atoms with Crippen molar-refractivity contribution >= 4 is 11.6 Å². The molecule has 0 saturated carbocycles. The number of piperidine rings is 1. The van der Waals surface area contributed by atoms with Crippen LogP contribution in [0.3, 0.4) is 0 Å². The van der Waals surface area contributed by atoms with Crippen LogP contribution in [-0.2, 0) is 16.0 Å². The molecule has 2 heterocycles. The fourth-order valence-corrected chi connectivity index (χ4v) is 3.45. The maximum absolute atomic E-state index is 12.8. The van der Waals surface area contributed by atoms with E-state index in [1.165, 1.54) is 11.3 Å². The van der Waals surface area contributed by atoms with E-state index in [2.05, 4.69) is 24.4 Å². The predicted octanol–water partition coefficient (Wildman–Crippen LogP) is 2.30. The number of likely N-dealkylation sites (tertiary alicyclic amines) is 1. The molecule has 2 aliphatic rings. The van der Waals surface area contributed by atoms with E-state index in [1.54, 1.807) is 7.11 Å². The Morgan fingerprint density at radius 3 is 2.71 bits per heavy atom. The zero-order valence-electron chi connectivity index (χ0n) is 12.8. The minimum Gasteiger partial charge on any atom is -0.382 e. The second-order valence-electron chi connectivity index (χ2n) is 6.16. The molecule has 0 aliphatic carbocycles.